The van der Waals surface area contributed by atoms with Crippen LogP contribution in [0.2, 0.25) is 0 Å². The van der Waals surface area contributed by atoms with Crippen molar-refractivity contribution in [2.45, 2.75) is 6.92 Å². The maximum atomic E-state index is 13.2. The molecule has 0 saturated carbocycles. The molecule has 0 saturated heterocycles. The predicted octanol–water partition coefficient (Wildman–Crippen LogP) is 4.59. The molecule has 1 aliphatic rings. The Hall–Kier alpha value is -4.63. The highest BCUT2D eigenvalue weighted by Crippen LogP contribution is 2.38. The molecule has 0 radical (unpaired) electrons. The number of imide groups is 1. The van der Waals surface area contributed by atoms with Gasteiger partial charge >= 0.3 is 0 Å². The topological polar surface area (TPSA) is 114 Å². The number of hydrogen-bond acceptors (Lipinski definition) is 7. The average molecular weight is 520 g/mol. The molecule has 0 aliphatic carbocycles. The Labute approximate surface area is 217 Å². The minimum absolute atomic E-state index is 0.0760. The van der Waals surface area contributed by atoms with Crippen molar-refractivity contribution in [2.24, 2.45) is 0 Å². The second kappa shape index (κ2) is 10.5. The highest BCUT2D eigenvalue weighted by molar-refractivity contribution is 6.53. The summed E-state index contributed by atoms with van der Waals surface area (Å²) in [5, 5.41) is 5.30. The van der Waals surface area contributed by atoms with Crippen molar-refractivity contribution >= 4 is 52.2 Å². The number of rotatable bonds is 8. The van der Waals surface area contributed by atoms with E-state index < -0.39 is 17.7 Å². The van der Waals surface area contributed by atoms with Crippen LogP contribution in [0, 0.1) is 0 Å². The normalized spacial score (nSPS) is 13.0. The average Bonchev–Trinajstić information content (AvgIpc) is 3.11. The van der Waals surface area contributed by atoms with Crippen LogP contribution in [0.4, 0.5) is 17.1 Å². The second-order valence-corrected chi connectivity index (χ2v) is 8.34. The summed E-state index contributed by atoms with van der Waals surface area (Å²) in [6.45, 7) is 1.46. The van der Waals surface area contributed by atoms with Gasteiger partial charge in [0.2, 0.25) is 0 Å². The number of amides is 3. The first kappa shape index (κ1) is 25.5. The van der Waals surface area contributed by atoms with Gasteiger partial charge in [0.15, 0.2) is 5.78 Å². The zero-order valence-electron chi connectivity index (χ0n) is 20.1. The van der Waals surface area contributed by atoms with E-state index in [1.807, 2.05) is 0 Å². The van der Waals surface area contributed by atoms with Gasteiger partial charge in [-0.25, -0.2) is 4.90 Å². The Morgan fingerprint density at radius 2 is 1.57 bits per heavy atom. The van der Waals surface area contributed by atoms with Gasteiger partial charge in [0.25, 0.3) is 17.7 Å². The highest BCUT2D eigenvalue weighted by Gasteiger charge is 2.40. The standard InChI is InChI=1S/C27H22ClN3O6/c1-15(32)16-7-9-18(10-8-16)30-25(33)17-5-4-6-19(13-17)29-24-23(28)26(34)31(27(24)35)21-14-20(36-2)11-12-22(21)37-3/h4-14,29H,1-3H3,(H,30,33). The van der Waals surface area contributed by atoms with Crippen LogP contribution in [-0.4, -0.2) is 37.7 Å². The molecule has 0 atom stereocenters. The zero-order chi connectivity index (χ0) is 26.7. The summed E-state index contributed by atoms with van der Waals surface area (Å²) >= 11 is 6.26. The summed E-state index contributed by atoms with van der Waals surface area (Å²) in [4.78, 5) is 51.3. The molecule has 10 heteroatoms. The molecule has 0 bridgehead atoms. The second-order valence-electron chi connectivity index (χ2n) is 7.97. The molecular weight excluding hydrogens is 498 g/mol. The van der Waals surface area contributed by atoms with E-state index in [9.17, 15) is 19.2 Å². The van der Waals surface area contributed by atoms with Crippen molar-refractivity contribution in [3.8, 4) is 11.5 Å². The number of anilines is 3. The van der Waals surface area contributed by atoms with Crippen molar-refractivity contribution in [3.63, 3.8) is 0 Å². The lowest BCUT2D eigenvalue weighted by atomic mass is 10.1. The molecule has 4 rings (SSSR count). The lowest BCUT2D eigenvalue weighted by Gasteiger charge is -2.19. The number of halogens is 1. The number of nitrogens with one attached hydrogen (secondary N) is 2. The van der Waals surface area contributed by atoms with E-state index in [1.54, 1.807) is 54.6 Å². The maximum absolute atomic E-state index is 13.2. The predicted molar refractivity (Wildman–Crippen MR) is 139 cm³/mol. The Kier molecular flexibility index (Phi) is 7.26. The van der Waals surface area contributed by atoms with Gasteiger partial charge in [-0.2, -0.15) is 0 Å². The van der Waals surface area contributed by atoms with Crippen LogP contribution >= 0.6 is 11.6 Å². The molecule has 188 valence electrons. The molecule has 3 amide bonds. The molecule has 1 heterocycles. The van der Waals surface area contributed by atoms with E-state index >= 15 is 0 Å². The van der Waals surface area contributed by atoms with Gasteiger partial charge in [0.1, 0.15) is 22.2 Å². The van der Waals surface area contributed by atoms with Gasteiger partial charge < -0.3 is 20.1 Å². The summed E-state index contributed by atoms with van der Waals surface area (Å²) in [6.07, 6.45) is 0. The van der Waals surface area contributed by atoms with Gasteiger partial charge in [0, 0.05) is 28.6 Å². The molecule has 3 aromatic rings. The number of ketones is 1. The van der Waals surface area contributed by atoms with Gasteiger partial charge in [-0.05, 0) is 61.5 Å². The van der Waals surface area contributed by atoms with Crippen molar-refractivity contribution in [2.75, 3.05) is 29.8 Å². The largest absolute Gasteiger partial charge is 0.497 e. The first-order valence-corrected chi connectivity index (χ1v) is 11.4. The maximum Gasteiger partial charge on any atom is 0.283 e. The lowest BCUT2D eigenvalue weighted by molar-refractivity contribution is -0.120. The summed E-state index contributed by atoms with van der Waals surface area (Å²) in [7, 11) is 2.88. The molecule has 9 nitrogen and oxygen atoms in total. The molecule has 0 spiro atoms. The Bertz CT molecular complexity index is 1450. The molecule has 2 N–H and O–H groups in total. The van der Waals surface area contributed by atoms with Gasteiger partial charge in [0.05, 0.1) is 19.9 Å². The van der Waals surface area contributed by atoms with E-state index in [2.05, 4.69) is 10.6 Å². The van der Waals surface area contributed by atoms with E-state index in [0.29, 0.717) is 28.3 Å². The van der Waals surface area contributed by atoms with E-state index in [-0.39, 0.29) is 27.9 Å². The van der Waals surface area contributed by atoms with Gasteiger partial charge in [-0.3, -0.25) is 19.2 Å². The number of methoxy groups -OCH3 is 2. The minimum Gasteiger partial charge on any atom is -0.497 e. The van der Waals surface area contributed by atoms with E-state index in [4.69, 9.17) is 21.1 Å². The fourth-order valence-electron chi connectivity index (χ4n) is 3.68. The third kappa shape index (κ3) is 5.17. The van der Waals surface area contributed by atoms with Crippen molar-refractivity contribution in [1.82, 2.24) is 0 Å². The monoisotopic (exact) mass is 519 g/mol. The lowest BCUT2D eigenvalue weighted by Crippen LogP contribution is -2.32. The molecule has 0 unspecified atom stereocenters. The van der Waals surface area contributed by atoms with Crippen LogP contribution in [0.1, 0.15) is 27.6 Å². The summed E-state index contributed by atoms with van der Waals surface area (Å²) in [5.41, 5.74) is 1.74. The number of ether oxygens (including phenoxy) is 2. The van der Waals surface area contributed by atoms with Crippen molar-refractivity contribution in [1.29, 1.82) is 0 Å². The molecule has 3 aromatic carbocycles. The van der Waals surface area contributed by atoms with Crippen LogP contribution in [0.5, 0.6) is 11.5 Å². The third-order valence-electron chi connectivity index (χ3n) is 5.60. The molecule has 1 aliphatic heterocycles. The molecule has 37 heavy (non-hydrogen) atoms. The third-order valence-corrected chi connectivity index (χ3v) is 5.95. The van der Waals surface area contributed by atoms with Crippen LogP contribution in [-0.2, 0) is 9.59 Å². The fourth-order valence-corrected chi connectivity index (χ4v) is 3.89. The van der Waals surface area contributed by atoms with Crippen LogP contribution in [0.25, 0.3) is 0 Å². The quantitative estimate of drug-likeness (QED) is 0.330. The van der Waals surface area contributed by atoms with Gasteiger partial charge in [-0.1, -0.05) is 17.7 Å². The minimum atomic E-state index is -0.733. The van der Waals surface area contributed by atoms with E-state index in [0.717, 1.165) is 4.90 Å². The van der Waals surface area contributed by atoms with Gasteiger partial charge in [-0.15, -0.1) is 0 Å². The van der Waals surface area contributed by atoms with Crippen molar-refractivity contribution < 1.29 is 28.7 Å². The first-order valence-electron chi connectivity index (χ1n) is 11.0. The molecular formula is C27H22ClN3O6. The summed E-state index contributed by atoms with van der Waals surface area (Å²) in [5.74, 6) is -1.21. The van der Waals surface area contributed by atoms with Crippen LogP contribution < -0.4 is 25.0 Å². The Morgan fingerprint density at radius 1 is 0.838 bits per heavy atom. The molecule has 0 aromatic heterocycles. The Morgan fingerprint density at radius 3 is 2.22 bits per heavy atom. The number of benzene rings is 3. The summed E-state index contributed by atoms with van der Waals surface area (Å²) < 4.78 is 10.5. The smallest absolute Gasteiger partial charge is 0.283 e. The first-order chi connectivity index (χ1) is 17.7. The SMILES string of the molecule is COc1ccc(OC)c(N2C(=O)C(Cl)=C(Nc3cccc(C(=O)Nc4ccc(C(C)=O)cc4)c3)C2=O)c1. The number of nitrogens with zero attached hydrogens (tertiary/aromatic N) is 1. The number of Topliss-reactive ketones (excluding diaryl/α,β-unsaturated/α-hetero) is 1. The highest BCUT2D eigenvalue weighted by atomic mass is 35.5. The van der Waals surface area contributed by atoms with Crippen LogP contribution in [0.15, 0.2) is 77.5 Å². The number of carbonyl (C=O) groups excluding carboxylic acids is 4. The Balaban J connectivity index is 1.54. The fraction of sp³-hybridized carbons (Fsp3) is 0.111. The molecule has 0 fully saturated rings. The van der Waals surface area contributed by atoms with E-state index in [1.165, 1.54) is 33.3 Å². The van der Waals surface area contributed by atoms with Crippen molar-refractivity contribution in [3.05, 3.63) is 88.6 Å². The van der Waals surface area contributed by atoms with Crippen LogP contribution in [0.3, 0.4) is 0 Å². The number of carbonyl (C=O) groups is 4. The summed E-state index contributed by atoms with van der Waals surface area (Å²) in [6, 6.07) is 17.6. The zero-order valence-corrected chi connectivity index (χ0v) is 20.9. The number of hydrogen-bond donors (Lipinski definition) is 2.